The first-order chi connectivity index (χ1) is 17.5. The smallest absolute Gasteiger partial charge is 0.261 e. The predicted octanol–water partition coefficient (Wildman–Crippen LogP) is 6.41. The molecule has 3 aromatic carbocycles. The summed E-state index contributed by atoms with van der Waals surface area (Å²) in [5.74, 6) is 2.38. The van der Waals surface area contributed by atoms with Crippen molar-refractivity contribution in [2.75, 3.05) is 13.6 Å². The summed E-state index contributed by atoms with van der Waals surface area (Å²) < 4.78 is 9.05. The van der Waals surface area contributed by atoms with Crippen molar-refractivity contribution in [3.8, 4) is 22.9 Å². The van der Waals surface area contributed by atoms with Crippen molar-refractivity contribution < 1.29 is 4.74 Å². The molecule has 6 nitrogen and oxygen atoms in total. The van der Waals surface area contributed by atoms with Gasteiger partial charge in [-0.2, -0.15) is 0 Å². The van der Waals surface area contributed by atoms with Crippen LogP contribution >= 0.6 is 11.3 Å². The number of nitrogens with zero attached hydrogens (tertiary/aromatic N) is 3. The standard InChI is InChI=1S/C29H30N4O2S/c1-19(7-6-14-30-3)17-33-28(23-9-5-4-8-20(23)2)32-25-12-10-21(15-24(25)29(33)34)35-22-11-13-26-27(16-22)36-18-31-26/h4-5,8-13,15-16,18-19,30H,6-7,14,17H2,1-3H3/t19-/m1/s1. The molecule has 0 aliphatic rings. The van der Waals surface area contributed by atoms with Crippen molar-refractivity contribution in [1.29, 1.82) is 0 Å². The molecule has 184 valence electrons. The van der Waals surface area contributed by atoms with Crippen LogP contribution in [0.15, 0.2) is 71.0 Å². The second kappa shape index (κ2) is 10.6. The highest BCUT2D eigenvalue weighted by Crippen LogP contribution is 2.30. The van der Waals surface area contributed by atoms with Gasteiger partial charge in [0.2, 0.25) is 0 Å². The van der Waals surface area contributed by atoms with Crippen molar-refractivity contribution in [3.05, 3.63) is 82.1 Å². The number of aromatic nitrogens is 3. The summed E-state index contributed by atoms with van der Waals surface area (Å²) in [4.78, 5) is 23.2. The van der Waals surface area contributed by atoms with E-state index >= 15 is 0 Å². The molecule has 0 spiro atoms. The van der Waals surface area contributed by atoms with Gasteiger partial charge >= 0.3 is 0 Å². The monoisotopic (exact) mass is 498 g/mol. The van der Waals surface area contributed by atoms with E-state index in [2.05, 4.69) is 30.2 Å². The normalized spacial score (nSPS) is 12.3. The van der Waals surface area contributed by atoms with Crippen LogP contribution in [0.4, 0.5) is 0 Å². The first kappa shape index (κ1) is 24.2. The zero-order chi connectivity index (χ0) is 25.1. The van der Waals surface area contributed by atoms with Gasteiger partial charge in [0.25, 0.3) is 5.56 Å². The van der Waals surface area contributed by atoms with Crippen LogP contribution in [0.1, 0.15) is 25.3 Å². The van der Waals surface area contributed by atoms with Crippen LogP contribution in [-0.2, 0) is 6.54 Å². The first-order valence-corrected chi connectivity index (χ1v) is 13.2. The number of rotatable bonds is 9. The molecule has 1 atom stereocenters. The third-order valence-corrected chi connectivity index (χ3v) is 7.26. The maximum Gasteiger partial charge on any atom is 0.261 e. The Morgan fingerprint density at radius 2 is 1.83 bits per heavy atom. The van der Waals surface area contributed by atoms with Crippen LogP contribution in [0.2, 0.25) is 0 Å². The zero-order valence-electron chi connectivity index (χ0n) is 20.8. The number of thiazole rings is 1. The van der Waals surface area contributed by atoms with Crippen molar-refractivity contribution in [2.45, 2.75) is 33.2 Å². The number of fused-ring (bicyclic) bond motifs is 2. The van der Waals surface area contributed by atoms with E-state index in [1.807, 2.05) is 71.7 Å². The Kier molecular flexibility index (Phi) is 7.11. The number of hydrogen-bond donors (Lipinski definition) is 1. The lowest BCUT2D eigenvalue weighted by molar-refractivity contribution is 0.429. The Bertz CT molecular complexity index is 1570. The molecular weight excluding hydrogens is 468 g/mol. The molecule has 0 aliphatic heterocycles. The maximum atomic E-state index is 13.9. The minimum atomic E-state index is -0.0397. The summed E-state index contributed by atoms with van der Waals surface area (Å²) in [5, 5.41) is 3.77. The maximum absolute atomic E-state index is 13.9. The molecule has 0 fully saturated rings. The predicted molar refractivity (Wildman–Crippen MR) is 148 cm³/mol. The van der Waals surface area contributed by atoms with Crippen molar-refractivity contribution in [2.24, 2.45) is 5.92 Å². The second-order valence-electron chi connectivity index (χ2n) is 9.28. The lowest BCUT2D eigenvalue weighted by Crippen LogP contribution is -2.26. The van der Waals surface area contributed by atoms with Crippen molar-refractivity contribution in [3.63, 3.8) is 0 Å². The Morgan fingerprint density at radius 1 is 1.06 bits per heavy atom. The molecule has 0 radical (unpaired) electrons. The highest BCUT2D eigenvalue weighted by molar-refractivity contribution is 7.16. The molecular formula is C29H30N4O2S. The summed E-state index contributed by atoms with van der Waals surface area (Å²) in [6.07, 6.45) is 2.09. The molecule has 0 saturated carbocycles. The van der Waals surface area contributed by atoms with Crippen LogP contribution in [-0.4, -0.2) is 28.1 Å². The average molecular weight is 499 g/mol. The van der Waals surface area contributed by atoms with Gasteiger partial charge in [0, 0.05) is 18.2 Å². The molecule has 5 aromatic rings. The fourth-order valence-electron chi connectivity index (χ4n) is 4.53. The number of hydrogen-bond acceptors (Lipinski definition) is 6. The van der Waals surface area contributed by atoms with Crippen molar-refractivity contribution >= 4 is 32.5 Å². The Morgan fingerprint density at radius 3 is 2.64 bits per heavy atom. The topological polar surface area (TPSA) is 69.0 Å². The van der Waals surface area contributed by atoms with Crippen molar-refractivity contribution in [1.82, 2.24) is 19.9 Å². The third kappa shape index (κ3) is 5.03. The molecule has 36 heavy (non-hydrogen) atoms. The van der Waals surface area contributed by atoms with E-state index in [0.29, 0.717) is 34.9 Å². The number of nitrogens with one attached hydrogen (secondary N) is 1. The summed E-state index contributed by atoms with van der Waals surface area (Å²) in [5.41, 5.74) is 5.48. The van der Waals surface area contributed by atoms with Gasteiger partial charge in [-0.3, -0.25) is 9.36 Å². The lowest BCUT2D eigenvalue weighted by Gasteiger charge is -2.19. The molecule has 5 rings (SSSR count). The molecule has 2 aromatic heterocycles. The first-order valence-electron chi connectivity index (χ1n) is 12.3. The second-order valence-corrected chi connectivity index (χ2v) is 10.2. The third-order valence-electron chi connectivity index (χ3n) is 6.47. The van der Waals surface area contributed by atoms with Crippen LogP contribution in [0.3, 0.4) is 0 Å². The van der Waals surface area contributed by atoms with Crippen LogP contribution in [0.25, 0.3) is 32.5 Å². The minimum absolute atomic E-state index is 0.0397. The average Bonchev–Trinajstić information content (AvgIpc) is 3.34. The summed E-state index contributed by atoms with van der Waals surface area (Å²) in [6, 6.07) is 19.5. The minimum Gasteiger partial charge on any atom is -0.457 e. The summed E-state index contributed by atoms with van der Waals surface area (Å²) >= 11 is 1.57. The molecule has 0 aliphatic carbocycles. The van der Waals surface area contributed by atoms with Gasteiger partial charge in [-0.1, -0.05) is 31.2 Å². The number of benzene rings is 3. The molecule has 1 N–H and O–H groups in total. The SMILES string of the molecule is CNCCC[C@@H](C)Cn1c(-c2ccccc2C)nc2ccc(Oc3ccc4ncsc4c3)cc2c1=O. The van der Waals surface area contributed by atoms with Crippen LogP contribution in [0.5, 0.6) is 11.5 Å². The van der Waals surface area contributed by atoms with Gasteiger partial charge in [-0.25, -0.2) is 9.97 Å². The molecule has 2 heterocycles. The molecule has 0 saturated heterocycles. The van der Waals surface area contributed by atoms with E-state index in [9.17, 15) is 4.79 Å². The van der Waals surface area contributed by atoms with E-state index in [0.717, 1.165) is 46.6 Å². The fraction of sp³-hybridized carbons (Fsp3) is 0.276. The van der Waals surface area contributed by atoms with E-state index < -0.39 is 0 Å². The molecule has 0 amide bonds. The highest BCUT2D eigenvalue weighted by Gasteiger charge is 2.17. The van der Waals surface area contributed by atoms with Gasteiger partial charge in [0.05, 0.1) is 26.6 Å². The zero-order valence-corrected chi connectivity index (χ0v) is 21.6. The number of aryl methyl sites for hydroxylation is 1. The van der Waals surface area contributed by atoms with Gasteiger partial charge in [-0.15, -0.1) is 11.3 Å². The summed E-state index contributed by atoms with van der Waals surface area (Å²) in [6.45, 7) is 5.84. The Hall–Kier alpha value is -3.55. The van der Waals surface area contributed by atoms with Gasteiger partial charge in [0.1, 0.15) is 17.3 Å². The Balaban J connectivity index is 1.56. The van der Waals surface area contributed by atoms with Crippen LogP contribution < -0.4 is 15.6 Å². The van der Waals surface area contributed by atoms with Gasteiger partial charge in [-0.05, 0) is 75.2 Å². The number of ether oxygens (including phenoxy) is 1. The quantitative estimate of drug-likeness (QED) is 0.238. The van der Waals surface area contributed by atoms with Gasteiger partial charge in [0.15, 0.2) is 0 Å². The molecule has 0 bridgehead atoms. The van der Waals surface area contributed by atoms with E-state index in [1.54, 1.807) is 11.3 Å². The summed E-state index contributed by atoms with van der Waals surface area (Å²) in [7, 11) is 1.97. The Labute approximate surface area is 214 Å². The highest BCUT2D eigenvalue weighted by atomic mass is 32.1. The van der Waals surface area contributed by atoms with E-state index in [4.69, 9.17) is 9.72 Å². The fourth-order valence-corrected chi connectivity index (χ4v) is 5.23. The molecule has 7 heteroatoms. The van der Waals surface area contributed by atoms with Crippen LogP contribution in [0, 0.1) is 12.8 Å². The van der Waals surface area contributed by atoms with E-state index in [1.165, 1.54) is 0 Å². The van der Waals surface area contributed by atoms with E-state index in [-0.39, 0.29) is 5.56 Å². The van der Waals surface area contributed by atoms with Gasteiger partial charge < -0.3 is 10.1 Å². The lowest BCUT2D eigenvalue weighted by atomic mass is 10.0. The molecule has 0 unspecified atom stereocenters. The largest absolute Gasteiger partial charge is 0.457 e.